The van der Waals surface area contributed by atoms with Gasteiger partial charge in [0, 0.05) is 26.3 Å². The maximum atomic E-state index is 12.1. The van der Waals surface area contributed by atoms with Crippen molar-refractivity contribution < 1.29 is 14.3 Å². The first kappa shape index (κ1) is 21.3. The van der Waals surface area contributed by atoms with Gasteiger partial charge in [0.05, 0.1) is 0 Å². The Balaban J connectivity index is 2.29. The summed E-state index contributed by atoms with van der Waals surface area (Å²) in [5.74, 6) is 2.06. The molecule has 4 nitrogen and oxygen atoms in total. The number of likely N-dealkylation sites (tertiary alicyclic amines) is 1. The zero-order valence-corrected chi connectivity index (χ0v) is 16.8. The van der Waals surface area contributed by atoms with Crippen molar-refractivity contribution in [2.45, 2.75) is 79.2 Å². The lowest BCUT2D eigenvalue weighted by molar-refractivity contribution is 0.0142. The molecular weight excluding hydrogens is 302 g/mol. The molecule has 1 fully saturated rings. The Morgan fingerprint density at radius 2 is 1.79 bits per heavy atom. The topological polar surface area (TPSA) is 38.8 Å². The number of ether oxygens (including phenoxy) is 2. The summed E-state index contributed by atoms with van der Waals surface area (Å²) in [6.07, 6.45) is 5.50. The SMILES string of the molecule is CCCCOCCC(C)C(C)C1CCN(C(=O)OC(C)(C)C)CC1. The highest BCUT2D eigenvalue weighted by Crippen LogP contribution is 2.31. The maximum Gasteiger partial charge on any atom is 0.410 e. The molecule has 2 unspecified atom stereocenters. The van der Waals surface area contributed by atoms with Crippen molar-refractivity contribution in [3.63, 3.8) is 0 Å². The lowest BCUT2D eigenvalue weighted by atomic mass is 9.77. The van der Waals surface area contributed by atoms with Crippen molar-refractivity contribution in [2.24, 2.45) is 17.8 Å². The highest BCUT2D eigenvalue weighted by Gasteiger charge is 2.30. The molecule has 1 amide bonds. The molecule has 1 rings (SSSR count). The molecule has 0 aromatic rings. The molecule has 1 saturated heterocycles. The van der Waals surface area contributed by atoms with Gasteiger partial charge in [0.1, 0.15) is 5.60 Å². The number of hydrogen-bond acceptors (Lipinski definition) is 3. The van der Waals surface area contributed by atoms with E-state index in [2.05, 4.69) is 20.8 Å². The monoisotopic (exact) mass is 341 g/mol. The van der Waals surface area contributed by atoms with Gasteiger partial charge < -0.3 is 14.4 Å². The molecule has 0 radical (unpaired) electrons. The lowest BCUT2D eigenvalue weighted by Crippen LogP contribution is -2.43. The van der Waals surface area contributed by atoms with Crippen molar-refractivity contribution in [3.8, 4) is 0 Å². The van der Waals surface area contributed by atoms with Crippen molar-refractivity contribution in [1.29, 1.82) is 0 Å². The fourth-order valence-corrected chi connectivity index (χ4v) is 3.28. The Bertz CT molecular complexity index is 356. The van der Waals surface area contributed by atoms with Crippen LogP contribution in [0.3, 0.4) is 0 Å². The van der Waals surface area contributed by atoms with Crippen LogP contribution in [0.5, 0.6) is 0 Å². The van der Waals surface area contributed by atoms with Gasteiger partial charge in [-0.1, -0.05) is 27.2 Å². The summed E-state index contributed by atoms with van der Waals surface area (Å²) in [5.41, 5.74) is -0.409. The Morgan fingerprint density at radius 3 is 2.33 bits per heavy atom. The van der Waals surface area contributed by atoms with Gasteiger partial charge in [-0.05, 0) is 64.2 Å². The first-order chi connectivity index (χ1) is 11.2. The van der Waals surface area contributed by atoms with Gasteiger partial charge in [0.2, 0.25) is 0 Å². The number of carbonyl (C=O) groups is 1. The summed E-state index contributed by atoms with van der Waals surface area (Å²) < 4.78 is 11.2. The summed E-state index contributed by atoms with van der Waals surface area (Å²) in [7, 11) is 0. The molecule has 2 atom stereocenters. The molecule has 24 heavy (non-hydrogen) atoms. The van der Waals surface area contributed by atoms with Crippen LogP contribution >= 0.6 is 0 Å². The second-order valence-corrected chi connectivity index (χ2v) is 8.40. The highest BCUT2D eigenvalue weighted by atomic mass is 16.6. The van der Waals surface area contributed by atoms with E-state index in [9.17, 15) is 4.79 Å². The van der Waals surface area contributed by atoms with Crippen LogP contribution in [0.15, 0.2) is 0 Å². The average molecular weight is 342 g/mol. The third kappa shape index (κ3) is 7.87. The Labute approximate surface area is 149 Å². The predicted octanol–water partition coefficient (Wildman–Crippen LogP) is 5.11. The Morgan fingerprint density at radius 1 is 1.17 bits per heavy atom. The van der Waals surface area contributed by atoms with Gasteiger partial charge in [0.15, 0.2) is 0 Å². The Hall–Kier alpha value is -0.770. The van der Waals surface area contributed by atoms with Crippen LogP contribution in [-0.2, 0) is 9.47 Å². The van der Waals surface area contributed by atoms with E-state index in [1.165, 1.54) is 6.42 Å². The summed E-state index contributed by atoms with van der Waals surface area (Å²) in [4.78, 5) is 14.0. The molecule has 0 aromatic heterocycles. The van der Waals surface area contributed by atoms with Gasteiger partial charge in [-0.2, -0.15) is 0 Å². The van der Waals surface area contributed by atoms with Crippen LogP contribution < -0.4 is 0 Å². The van der Waals surface area contributed by atoms with Crippen LogP contribution in [0, 0.1) is 17.8 Å². The highest BCUT2D eigenvalue weighted by molar-refractivity contribution is 5.68. The molecule has 0 spiro atoms. The zero-order chi connectivity index (χ0) is 18.2. The second-order valence-electron chi connectivity index (χ2n) is 8.40. The number of unbranched alkanes of at least 4 members (excludes halogenated alkanes) is 1. The summed E-state index contributed by atoms with van der Waals surface area (Å²) >= 11 is 0. The molecule has 1 aliphatic rings. The number of nitrogens with zero attached hydrogens (tertiary/aromatic N) is 1. The zero-order valence-electron chi connectivity index (χ0n) is 16.8. The molecular formula is C20H39NO3. The molecule has 0 saturated carbocycles. The minimum absolute atomic E-state index is 0.161. The van der Waals surface area contributed by atoms with Gasteiger partial charge in [-0.25, -0.2) is 4.79 Å². The predicted molar refractivity (Wildman–Crippen MR) is 99.2 cm³/mol. The van der Waals surface area contributed by atoms with Crippen LogP contribution in [0.2, 0.25) is 0 Å². The first-order valence-corrected chi connectivity index (χ1v) is 9.80. The molecule has 0 N–H and O–H groups in total. The van der Waals surface area contributed by atoms with E-state index in [1.54, 1.807) is 0 Å². The maximum absolute atomic E-state index is 12.1. The molecule has 0 aliphatic carbocycles. The van der Waals surface area contributed by atoms with Gasteiger partial charge in [-0.3, -0.25) is 0 Å². The van der Waals surface area contributed by atoms with Crippen molar-refractivity contribution in [2.75, 3.05) is 26.3 Å². The quantitative estimate of drug-likeness (QED) is 0.576. The molecule has 142 valence electrons. The van der Waals surface area contributed by atoms with Crippen molar-refractivity contribution >= 4 is 6.09 Å². The van der Waals surface area contributed by atoms with Crippen molar-refractivity contribution in [1.82, 2.24) is 4.90 Å². The van der Waals surface area contributed by atoms with Crippen LogP contribution in [0.4, 0.5) is 4.79 Å². The van der Waals surface area contributed by atoms with E-state index in [4.69, 9.17) is 9.47 Å². The van der Waals surface area contributed by atoms with E-state index in [1.807, 2.05) is 25.7 Å². The summed E-state index contributed by atoms with van der Waals surface area (Å²) in [6, 6.07) is 0. The van der Waals surface area contributed by atoms with Crippen LogP contribution in [0.25, 0.3) is 0 Å². The number of hydrogen-bond donors (Lipinski definition) is 0. The van der Waals surface area contributed by atoms with Gasteiger partial charge >= 0.3 is 6.09 Å². The van der Waals surface area contributed by atoms with Crippen LogP contribution in [0.1, 0.15) is 73.6 Å². The standard InChI is InChI=1S/C20H39NO3/c1-7-8-14-23-15-11-16(2)17(3)18-9-12-21(13-10-18)19(22)24-20(4,5)6/h16-18H,7-15H2,1-6H3. The summed E-state index contributed by atoms with van der Waals surface area (Å²) in [5, 5.41) is 0. The Kier molecular flexibility index (Phi) is 9.11. The van der Waals surface area contributed by atoms with E-state index < -0.39 is 5.60 Å². The third-order valence-electron chi connectivity index (χ3n) is 5.19. The molecule has 4 heteroatoms. The van der Waals surface area contributed by atoms with E-state index in [0.717, 1.165) is 52.0 Å². The molecule has 0 bridgehead atoms. The molecule has 0 aromatic carbocycles. The van der Waals surface area contributed by atoms with Gasteiger partial charge in [-0.15, -0.1) is 0 Å². The second kappa shape index (κ2) is 10.3. The number of piperidine rings is 1. The fraction of sp³-hybridized carbons (Fsp3) is 0.950. The minimum atomic E-state index is -0.409. The smallest absolute Gasteiger partial charge is 0.410 e. The minimum Gasteiger partial charge on any atom is -0.444 e. The largest absolute Gasteiger partial charge is 0.444 e. The average Bonchev–Trinajstić information content (AvgIpc) is 2.52. The molecule has 1 heterocycles. The lowest BCUT2D eigenvalue weighted by Gasteiger charge is -2.37. The number of carbonyl (C=O) groups excluding carboxylic acids is 1. The number of amides is 1. The van der Waals surface area contributed by atoms with Crippen LogP contribution in [-0.4, -0.2) is 42.9 Å². The van der Waals surface area contributed by atoms with E-state index in [0.29, 0.717) is 17.8 Å². The third-order valence-corrected chi connectivity index (χ3v) is 5.19. The summed E-state index contributed by atoms with van der Waals surface area (Å²) in [6.45, 7) is 16.1. The number of rotatable bonds is 8. The normalized spacial score (nSPS) is 19.2. The molecule has 1 aliphatic heterocycles. The van der Waals surface area contributed by atoms with E-state index >= 15 is 0 Å². The van der Waals surface area contributed by atoms with Gasteiger partial charge in [0.25, 0.3) is 0 Å². The van der Waals surface area contributed by atoms with E-state index in [-0.39, 0.29) is 6.09 Å². The first-order valence-electron chi connectivity index (χ1n) is 9.80. The van der Waals surface area contributed by atoms with Crippen molar-refractivity contribution in [3.05, 3.63) is 0 Å². The fourth-order valence-electron chi connectivity index (χ4n) is 3.28.